The van der Waals surface area contributed by atoms with Gasteiger partial charge in [0.2, 0.25) is 11.0 Å². The van der Waals surface area contributed by atoms with Crippen LogP contribution >= 0.6 is 23.1 Å². The largest absolute Gasteiger partial charge is 0.353 e. The molecule has 1 aliphatic rings. The summed E-state index contributed by atoms with van der Waals surface area (Å²) in [5.74, 6) is 1.48. The molecule has 0 spiro atoms. The van der Waals surface area contributed by atoms with Crippen LogP contribution in [0.4, 0.5) is 16.6 Å². The summed E-state index contributed by atoms with van der Waals surface area (Å²) in [6.07, 6.45) is 1.80. The first-order chi connectivity index (χ1) is 13.8. The van der Waals surface area contributed by atoms with Gasteiger partial charge in [-0.25, -0.2) is 4.98 Å². The van der Waals surface area contributed by atoms with Gasteiger partial charge in [0.05, 0.1) is 5.75 Å². The van der Waals surface area contributed by atoms with E-state index in [-0.39, 0.29) is 5.91 Å². The standard InChI is InChI=1S/C19H20N6OS2/c26-17(25-12-10-24(11-13-25)16-8-4-5-9-20-16)14-27-19-23-22-18(28-19)21-15-6-2-1-3-7-15/h1-9H,10-14H2,(H,21,22). The highest BCUT2D eigenvalue weighted by molar-refractivity contribution is 8.01. The molecule has 144 valence electrons. The first-order valence-corrected chi connectivity index (χ1v) is 10.8. The van der Waals surface area contributed by atoms with Crippen molar-refractivity contribution in [2.45, 2.75) is 4.34 Å². The van der Waals surface area contributed by atoms with E-state index in [4.69, 9.17) is 0 Å². The van der Waals surface area contributed by atoms with Gasteiger partial charge in [-0.2, -0.15) is 0 Å². The monoisotopic (exact) mass is 412 g/mol. The third kappa shape index (κ3) is 4.79. The van der Waals surface area contributed by atoms with Gasteiger partial charge >= 0.3 is 0 Å². The van der Waals surface area contributed by atoms with E-state index in [1.807, 2.05) is 53.4 Å². The number of amides is 1. The summed E-state index contributed by atoms with van der Waals surface area (Å²) in [6.45, 7) is 3.04. The third-order valence-electron chi connectivity index (χ3n) is 4.36. The fourth-order valence-corrected chi connectivity index (χ4v) is 4.58. The Morgan fingerprint density at radius 3 is 2.57 bits per heavy atom. The predicted octanol–water partition coefficient (Wildman–Crippen LogP) is 3.12. The molecule has 0 bridgehead atoms. The van der Waals surface area contributed by atoms with Crippen molar-refractivity contribution in [1.29, 1.82) is 0 Å². The molecule has 0 radical (unpaired) electrons. The Morgan fingerprint density at radius 2 is 1.82 bits per heavy atom. The summed E-state index contributed by atoms with van der Waals surface area (Å²) in [5.41, 5.74) is 0.969. The lowest BCUT2D eigenvalue weighted by atomic mass is 10.3. The molecule has 28 heavy (non-hydrogen) atoms. The van der Waals surface area contributed by atoms with Crippen LogP contribution in [-0.4, -0.2) is 57.9 Å². The number of carbonyl (C=O) groups is 1. The molecular formula is C19H20N6OS2. The first kappa shape index (κ1) is 18.7. The van der Waals surface area contributed by atoms with Crippen molar-refractivity contribution in [2.75, 3.05) is 42.1 Å². The van der Waals surface area contributed by atoms with Crippen molar-refractivity contribution in [3.05, 3.63) is 54.7 Å². The molecule has 2 aromatic heterocycles. The quantitative estimate of drug-likeness (QED) is 0.624. The molecule has 9 heteroatoms. The highest BCUT2D eigenvalue weighted by Crippen LogP contribution is 2.28. The topological polar surface area (TPSA) is 74.2 Å². The van der Waals surface area contributed by atoms with Gasteiger partial charge in [0.25, 0.3) is 0 Å². The van der Waals surface area contributed by atoms with Crippen LogP contribution in [0.1, 0.15) is 0 Å². The summed E-state index contributed by atoms with van der Waals surface area (Å²) in [5, 5.41) is 12.3. The van der Waals surface area contributed by atoms with Crippen molar-refractivity contribution in [3.63, 3.8) is 0 Å². The van der Waals surface area contributed by atoms with Crippen molar-refractivity contribution in [1.82, 2.24) is 20.1 Å². The van der Waals surface area contributed by atoms with Gasteiger partial charge in [0.15, 0.2) is 4.34 Å². The van der Waals surface area contributed by atoms with Crippen LogP contribution in [0.2, 0.25) is 0 Å². The number of hydrogen-bond donors (Lipinski definition) is 1. The molecule has 0 atom stereocenters. The maximum atomic E-state index is 12.5. The van der Waals surface area contributed by atoms with Gasteiger partial charge in [-0.15, -0.1) is 10.2 Å². The highest BCUT2D eigenvalue weighted by Gasteiger charge is 2.22. The predicted molar refractivity (Wildman–Crippen MR) is 113 cm³/mol. The fourth-order valence-electron chi connectivity index (χ4n) is 2.90. The van der Waals surface area contributed by atoms with Crippen LogP contribution in [0.15, 0.2) is 59.1 Å². The van der Waals surface area contributed by atoms with Gasteiger partial charge < -0.3 is 15.1 Å². The molecule has 0 saturated carbocycles. The molecule has 0 aliphatic carbocycles. The maximum absolute atomic E-state index is 12.5. The second kappa shape index (κ2) is 9.03. The van der Waals surface area contributed by atoms with Crippen LogP contribution in [0.25, 0.3) is 0 Å². The minimum Gasteiger partial charge on any atom is -0.353 e. The number of carbonyl (C=O) groups excluding carboxylic acids is 1. The van der Waals surface area contributed by atoms with E-state index in [1.165, 1.54) is 23.1 Å². The van der Waals surface area contributed by atoms with Gasteiger partial charge in [0.1, 0.15) is 5.82 Å². The van der Waals surface area contributed by atoms with Gasteiger partial charge in [-0.3, -0.25) is 4.79 Å². The average Bonchev–Trinajstić information content (AvgIpc) is 3.21. The molecule has 3 aromatic rings. The van der Waals surface area contributed by atoms with E-state index in [9.17, 15) is 4.79 Å². The highest BCUT2D eigenvalue weighted by atomic mass is 32.2. The minimum absolute atomic E-state index is 0.137. The number of anilines is 3. The summed E-state index contributed by atoms with van der Waals surface area (Å²) < 4.78 is 0.791. The zero-order valence-electron chi connectivity index (χ0n) is 15.2. The Balaban J connectivity index is 1.24. The van der Waals surface area contributed by atoms with Crippen molar-refractivity contribution in [2.24, 2.45) is 0 Å². The van der Waals surface area contributed by atoms with E-state index in [0.717, 1.165) is 34.1 Å². The second-order valence-corrected chi connectivity index (χ2v) is 8.41. The zero-order valence-corrected chi connectivity index (χ0v) is 16.8. The fraction of sp³-hybridized carbons (Fsp3) is 0.263. The van der Waals surface area contributed by atoms with E-state index < -0.39 is 0 Å². The SMILES string of the molecule is O=C(CSc1nnc(Nc2ccccc2)s1)N1CCN(c2ccccn2)CC1. The van der Waals surface area contributed by atoms with Gasteiger partial charge in [0, 0.05) is 38.1 Å². The number of rotatable bonds is 6. The average molecular weight is 413 g/mol. The van der Waals surface area contributed by atoms with Crippen LogP contribution in [-0.2, 0) is 4.79 Å². The van der Waals surface area contributed by atoms with E-state index in [0.29, 0.717) is 18.8 Å². The Hall–Kier alpha value is -2.65. The maximum Gasteiger partial charge on any atom is 0.233 e. The number of hydrogen-bond acceptors (Lipinski definition) is 8. The van der Waals surface area contributed by atoms with E-state index in [1.54, 1.807) is 6.20 Å². The molecule has 7 nitrogen and oxygen atoms in total. The van der Waals surface area contributed by atoms with Crippen molar-refractivity contribution in [3.8, 4) is 0 Å². The molecule has 1 saturated heterocycles. The summed E-state index contributed by atoms with van der Waals surface area (Å²) >= 11 is 2.89. The van der Waals surface area contributed by atoms with Crippen LogP contribution < -0.4 is 10.2 Å². The number of nitrogens with one attached hydrogen (secondary N) is 1. The van der Waals surface area contributed by atoms with Crippen molar-refractivity contribution >= 4 is 45.6 Å². The third-order valence-corrected chi connectivity index (χ3v) is 6.31. The second-order valence-electron chi connectivity index (χ2n) is 6.21. The first-order valence-electron chi connectivity index (χ1n) is 9.00. The Morgan fingerprint density at radius 1 is 1.04 bits per heavy atom. The normalized spacial score (nSPS) is 14.1. The minimum atomic E-state index is 0.137. The number of para-hydroxylation sites is 1. The number of piperazine rings is 1. The Labute approximate surface area is 171 Å². The molecule has 1 aliphatic heterocycles. The smallest absolute Gasteiger partial charge is 0.233 e. The molecule has 0 unspecified atom stereocenters. The summed E-state index contributed by atoms with van der Waals surface area (Å²) in [6, 6.07) is 15.7. The van der Waals surface area contributed by atoms with Crippen LogP contribution in [0.3, 0.4) is 0 Å². The molecular weight excluding hydrogens is 392 g/mol. The Kier molecular flexibility index (Phi) is 6.03. The molecule has 3 heterocycles. The van der Waals surface area contributed by atoms with Crippen LogP contribution in [0.5, 0.6) is 0 Å². The number of nitrogens with zero attached hydrogens (tertiary/aromatic N) is 5. The number of pyridine rings is 1. The molecule has 1 amide bonds. The molecule has 4 rings (SSSR count). The lowest BCUT2D eigenvalue weighted by Crippen LogP contribution is -2.49. The zero-order chi connectivity index (χ0) is 19.2. The van der Waals surface area contributed by atoms with Crippen molar-refractivity contribution < 1.29 is 4.79 Å². The van der Waals surface area contributed by atoms with E-state index >= 15 is 0 Å². The lowest BCUT2D eigenvalue weighted by Gasteiger charge is -2.35. The molecule has 1 fully saturated rings. The van der Waals surface area contributed by atoms with Gasteiger partial charge in [-0.1, -0.05) is 47.4 Å². The molecule has 1 N–H and O–H groups in total. The number of benzene rings is 1. The number of thioether (sulfide) groups is 1. The number of aromatic nitrogens is 3. The summed E-state index contributed by atoms with van der Waals surface area (Å²) in [7, 11) is 0. The Bertz CT molecular complexity index is 897. The van der Waals surface area contributed by atoms with E-state index in [2.05, 4.69) is 25.4 Å². The van der Waals surface area contributed by atoms with Crippen LogP contribution in [0, 0.1) is 0 Å². The lowest BCUT2D eigenvalue weighted by molar-refractivity contribution is -0.128. The summed E-state index contributed by atoms with van der Waals surface area (Å²) in [4.78, 5) is 21.0. The van der Waals surface area contributed by atoms with Gasteiger partial charge in [-0.05, 0) is 24.3 Å². The molecule has 1 aromatic carbocycles.